The summed E-state index contributed by atoms with van der Waals surface area (Å²) in [6.07, 6.45) is 8.12. The minimum atomic E-state index is 0.336. The van der Waals surface area contributed by atoms with Gasteiger partial charge in [-0.05, 0) is 20.8 Å². The van der Waals surface area contributed by atoms with Gasteiger partial charge in [0, 0.05) is 31.4 Å². The van der Waals surface area contributed by atoms with Gasteiger partial charge in [-0.2, -0.15) is 5.10 Å². The normalized spacial score (nSPS) is 15.0. The van der Waals surface area contributed by atoms with E-state index >= 15 is 0 Å². The van der Waals surface area contributed by atoms with Crippen molar-refractivity contribution < 1.29 is 0 Å². The summed E-state index contributed by atoms with van der Waals surface area (Å²) in [5.74, 6) is 0.336. The number of allylic oxidation sites excluding steroid dienone is 3. The van der Waals surface area contributed by atoms with E-state index in [0.717, 1.165) is 6.54 Å². The quantitative estimate of drug-likeness (QED) is 0.386. The lowest BCUT2D eigenvalue weighted by atomic mass is 10.1. The highest BCUT2D eigenvalue weighted by atomic mass is 15.3. The van der Waals surface area contributed by atoms with Crippen LogP contribution in [0, 0.1) is 5.92 Å². The van der Waals surface area contributed by atoms with Gasteiger partial charge in [0.15, 0.2) is 0 Å². The molecule has 0 aromatic carbocycles. The van der Waals surface area contributed by atoms with E-state index in [9.17, 15) is 0 Å². The number of nitrogens with zero attached hydrogens (tertiary/aromatic N) is 1. The Balaban J connectivity index is 4.03. The van der Waals surface area contributed by atoms with E-state index in [0.29, 0.717) is 5.92 Å². The molecule has 3 heteroatoms. The zero-order chi connectivity index (χ0) is 10.8. The van der Waals surface area contributed by atoms with Crippen LogP contribution in [-0.4, -0.2) is 19.8 Å². The van der Waals surface area contributed by atoms with Crippen molar-refractivity contribution in [3.63, 3.8) is 0 Å². The molecule has 0 aromatic rings. The third-order valence-corrected chi connectivity index (χ3v) is 1.88. The molecule has 0 aliphatic rings. The zero-order valence-electron chi connectivity index (χ0n) is 9.54. The average Bonchev–Trinajstić information content (AvgIpc) is 2.21. The molecule has 14 heavy (non-hydrogen) atoms. The van der Waals surface area contributed by atoms with E-state index in [1.807, 2.05) is 26.1 Å². The van der Waals surface area contributed by atoms with Gasteiger partial charge in [-0.3, -0.25) is 0 Å². The summed E-state index contributed by atoms with van der Waals surface area (Å²) < 4.78 is 0. The topological polar surface area (TPSA) is 36.4 Å². The van der Waals surface area contributed by atoms with Gasteiger partial charge in [0.2, 0.25) is 0 Å². The smallest absolute Gasteiger partial charge is 0.0328 e. The maximum atomic E-state index is 4.01. The molecule has 0 aromatic heterocycles. The third-order valence-electron chi connectivity index (χ3n) is 1.88. The second-order valence-electron chi connectivity index (χ2n) is 3.04. The van der Waals surface area contributed by atoms with Crippen molar-refractivity contribution in [2.75, 3.05) is 13.6 Å². The first-order valence-corrected chi connectivity index (χ1v) is 4.94. The Kier molecular flexibility index (Phi) is 7.61. The summed E-state index contributed by atoms with van der Waals surface area (Å²) in [4.78, 5) is 0. The van der Waals surface area contributed by atoms with Gasteiger partial charge >= 0.3 is 0 Å². The van der Waals surface area contributed by atoms with Gasteiger partial charge in [0.25, 0.3) is 0 Å². The first-order chi connectivity index (χ1) is 6.74. The van der Waals surface area contributed by atoms with Gasteiger partial charge in [0.05, 0.1) is 0 Å². The molecule has 0 saturated carbocycles. The molecule has 1 unspecified atom stereocenters. The average molecular weight is 195 g/mol. The van der Waals surface area contributed by atoms with E-state index in [2.05, 4.69) is 34.9 Å². The Hall–Kier alpha value is -1.25. The highest BCUT2D eigenvalue weighted by Crippen LogP contribution is 1.95. The highest BCUT2D eigenvalue weighted by Gasteiger charge is 1.99. The minimum absolute atomic E-state index is 0.336. The molecular formula is C11H21N3. The van der Waals surface area contributed by atoms with Gasteiger partial charge in [-0.15, -0.1) is 0 Å². The van der Waals surface area contributed by atoms with Crippen molar-refractivity contribution >= 4 is 6.21 Å². The number of rotatable bonds is 6. The van der Waals surface area contributed by atoms with Crippen LogP contribution in [0.4, 0.5) is 0 Å². The lowest BCUT2D eigenvalue weighted by Crippen LogP contribution is -2.21. The summed E-state index contributed by atoms with van der Waals surface area (Å²) in [5.41, 5.74) is 3.94. The third kappa shape index (κ3) is 6.29. The fraction of sp³-hybridized carbons (Fsp3) is 0.545. The predicted octanol–water partition coefficient (Wildman–Crippen LogP) is 1.90. The molecule has 0 amide bonds. The molecule has 0 bridgehead atoms. The summed E-state index contributed by atoms with van der Waals surface area (Å²) >= 11 is 0. The second-order valence-corrected chi connectivity index (χ2v) is 3.04. The summed E-state index contributed by atoms with van der Waals surface area (Å²) in [7, 11) is 1.80. The number of nitrogens with one attached hydrogen (secondary N) is 2. The predicted molar refractivity (Wildman–Crippen MR) is 63.3 cm³/mol. The van der Waals surface area contributed by atoms with Crippen LogP contribution in [0.5, 0.6) is 0 Å². The van der Waals surface area contributed by atoms with Gasteiger partial charge in [0.1, 0.15) is 0 Å². The van der Waals surface area contributed by atoms with Crippen LogP contribution in [0.1, 0.15) is 20.8 Å². The van der Waals surface area contributed by atoms with Crippen LogP contribution in [0.3, 0.4) is 0 Å². The van der Waals surface area contributed by atoms with Crippen molar-refractivity contribution in [1.29, 1.82) is 0 Å². The standard InChI is InChI=1S/C11H21N3/c1-5-7-11(9-14-12-4)8-13-10(3)6-2/h5-7,9,11-13H,8H2,1-4H3/b7-5-,10-6+,14-9-. The Bertz CT molecular complexity index is 217. The molecule has 80 valence electrons. The summed E-state index contributed by atoms with van der Waals surface area (Å²) in [5, 5.41) is 7.33. The fourth-order valence-corrected chi connectivity index (χ4v) is 0.969. The SMILES string of the molecule is C/C=C\C(/C=N\NC)CN/C(C)=C/C. The van der Waals surface area contributed by atoms with E-state index in [1.165, 1.54) is 5.70 Å². The first kappa shape index (κ1) is 12.8. The van der Waals surface area contributed by atoms with Gasteiger partial charge in [-0.1, -0.05) is 18.2 Å². The molecule has 0 radical (unpaired) electrons. The summed E-state index contributed by atoms with van der Waals surface area (Å²) in [6, 6.07) is 0. The second kappa shape index (κ2) is 8.35. The van der Waals surface area contributed by atoms with Crippen LogP contribution in [-0.2, 0) is 0 Å². The highest BCUT2D eigenvalue weighted by molar-refractivity contribution is 5.63. The lowest BCUT2D eigenvalue weighted by molar-refractivity contribution is 0.728. The Labute approximate surface area is 87.0 Å². The van der Waals surface area contributed by atoms with Crippen LogP contribution >= 0.6 is 0 Å². The van der Waals surface area contributed by atoms with Crippen LogP contribution in [0.15, 0.2) is 29.0 Å². The lowest BCUT2D eigenvalue weighted by Gasteiger charge is -2.10. The Morgan fingerprint density at radius 2 is 2.14 bits per heavy atom. The van der Waals surface area contributed by atoms with E-state index in [4.69, 9.17) is 0 Å². The van der Waals surface area contributed by atoms with Gasteiger partial charge < -0.3 is 10.7 Å². The van der Waals surface area contributed by atoms with Crippen molar-refractivity contribution in [3.8, 4) is 0 Å². The van der Waals surface area contributed by atoms with E-state index < -0.39 is 0 Å². The van der Waals surface area contributed by atoms with Crippen LogP contribution in [0.25, 0.3) is 0 Å². The Morgan fingerprint density at radius 3 is 2.64 bits per heavy atom. The van der Waals surface area contributed by atoms with Crippen LogP contribution < -0.4 is 10.7 Å². The molecule has 0 spiro atoms. The van der Waals surface area contributed by atoms with Gasteiger partial charge in [-0.25, -0.2) is 0 Å². The number of hydrazone groups is 1. The number of hydrogen-bond acceptors (Lipinski definition) is 3. The molecule has 0 saturated heterocycles. The number of hydrogen-bond donors (Lipinski definition) is 2. The van der Waals surface area contributed by atoms with E-state index in [-0.39, 0.29) is 0 Å². The van der Waals surface area contributed by atoms with Crippen molar-refractivity contribution in [1.82, 2.24) is 10.7 Å². The Morgan fingerprint density at radius 1 is 1.43 bits per heavy atom. The molecule has 2 N–H and O–H groups in total. The first-order valence-electron chi connectivity index (χ1n) is 4.94. The minimum Gasteiger partial charge on any atom is -0.388 e. The van der Waals surface area contributed by atoms with Crippen molar-refractivity contribution in [3.05, 3.63) is 23.9 Å². The molecule has 0 aliphatic carbocycles. The molecule has 3 nitrogen and oxygen atoms in total. The fourth-order valence-electron chi connectivity index (χ4n) is 0.969. The molecule has 0 heterocycles. The molecule has 0 aliphatic heterocycles. The molecule has 1 atom stereocenters. The monoisotopic (exact) mass is 195 g/mol. The van der Waals surface area contributed by atoms with Crippen molar-refractivity contribution in [2.45, 2.75) is 20.8 Å². The van der Waals surface area contributed by atoms with Crippen molar-refractivity contribution in [2.24, 2.45) is 11.0 Å². The largest absolute Gasteiger partial charge is 0.388 e. The molecule has 0 fully saturated rings. The molecule has 0 rings (SSSR count). The molecular weight excluding hydrogens is 174 g/mol. The maximum Gasteiger partial charge on any atom is 0.0328 e. The maximum absolute atomic E-state index is 4.01. The van der Waals surface area contributed by atoms with E-state index in [1.54, 1.807) is 7.05 Å². The summed E-state index contributed by atoms with van der Waals surface area (Å²) in [6.45, 7) is 6.98. The van der Waals surface area contributed by atoms with Crippen LogP contribution in [0.2, 0.25) is 0 Å². The zero-order valence-corrected chi connectivity index (χ0v) is 9.54.